The fourth-order valence-electron chi connectivity index (χ4n) is 3.80. The molecule has 0 saturated heterocycles. The molecule has 3 heteroatoms. The summed E-state index contributed by atoms with van der Waals surface area (Å²) >= 11 is 0. The Labute approximate surface area is 128 Å². The van der Waals surface area contributed by atoms with Crippen LogP contribution in [0.5, 0.6) is 5.75 Å². The van der Waals surface area contributed by atoms with Crippen molar-refractivity contribution in [3.8, 4) is 5.75 Å². The van der Waals surface area contributed by atoms with Gasteiger partial charge in [0.2, 0.25) is 0 Å². The minimum absolute atomic E-state index is 0.0131. The minimum Gasteiger partial charge on any atom is -0.490 e. The van der Waals surface area contributed by atoms with Gasteiger partial charge in [-0.15, -0.1) is 0 Å². The Morgan fingerprint density at radius 1 is 1.05 bits per heavy atom. The lowest BCUT2D eigenvalue weighted by Crippen LogP contribution is -2.30. The van der Waals surface area contributed by atoms with Gasteiger partial charge in [-0.3, -0.25) is 4.79 Å². The van der Waals surface area contributed by atoms with E-state index in [0.29, 0.717) is 11.8 Å². The number of nitrogens with one attached hydrogen (secondary N) is 1. The normalized spacial score (nSPS) is 25.9. The molecule has 0 radical (unpaired) electrons. The molecule has 1 aliphatic carbocycles. The van der Waals surface area contributed by atoms with E-state index < -0.39 is 0 Å². The Hall–Kier alpha value is -1.25. The third-order valence-corrected chi connectivity index (χ3v) is 4.70. The van der Waals surface area contributed by atoms with Gasteiger partial charge >= 0.3 is 0 Å². The van der Waals surface area contributed by atoms with E-state index >= 15 is 0 Å². The van der Waals surface area contributed by atoms with Gasteiger partial charge in [0.15, 0.2) is 0 Å². The second-order valence-corrected chi connectivity index (χ2v) is 6.73. The predicted octanol–water partition coefficient (Wildman–Crippen LogP) is 4.01. The highest BCUT2D eigenvalue weighted by Gasteiger charge is 2.27. The minimum atomic E-state index is 0.0131. The summed E-state index contributed by atoms with van der Waals surface area (Å²) in [5, 5.41) is 0. The molecule has 1 aromatic rings. The summed E-state index contributed by atoms with van der Waals surface area (Å²) in [6.45, 7) is 10.7. The fourth-order valence-corrected chi connectivity index (χ4v) is 3.80. The van der Waals surface area contributed by atoms with Crippen molar-refractivity contribution < 1.29 is 4.74 Å². The Morgan fingerprint density at radius 3 is 2.14 bits per heavy atom. The lowest BCUT2D eigenvalue weighted by Gasteiger charge is -2.33. The first-order valence-corrected chi connectivity index (χ1v) is 8.37. The highest BCUT2D eigenvalue weighted by Crippen LogP contribution is 2.33. The zero-order valence-corrected chi connectivity index (χ0v) is 14.1. The van der Waals surface area contributed by atoms with Crippen LogP contribution in [0.4, 0.5) is 0 Å². The molecule has 1 aromatic heterocycles. The highest BCUT2D eigenvalue weighted by atomic mass is 16.5. The second kappa shape index (κ2) is 6.67. The second-order valence-electron chi connectivity index (χ2n) is 6.73. The van der Waals surface area contributed by atoms with Crippen molar-refractivity contribution in [1.29, 1.82) is 0 Å². The number of aromatic amines is 1. The highest BCUT2D eigenvalue weighted by molar-refractivity contribution is 5.42. The maximum Gasteiger partial charge on any atom is 0.255 e. The molecule has 1 aliphatic rings. The van der Waals surface area contributed by atoms with Crippen molar-refractivity contribution in [3.63, 3.8) is 0 Å². The molecule has 1 N–H and O–H groups in total. The van der Waals surface area contributed by atoms with Crippen molar-refractivity contribution in [1.82, 2.24) is 4.98 Å². The zero-order valence-electron chi connectivity index (χ0n) is 14.1. The van der Waals surface area contributed by atoms with E-state index in [2.05, 4.69) is 25.8 Å². The molecule has 0 spiro atoms. The van der Waals surface area contributed by atoms with E-state index in [-0.39, 0.29) is 11.7 Å². The van der Waals surface area contributed by atoms with E-state index in [4.69, 9.17) is 4.74 Å². The van der Waals surface area contributed by atoms with Gasteiger partial charge in [0.25, 0.3) is 5.56 Å². The summed E-state index contributed by atoms with van der Waals surface area (Å²) in [5.41, 5.74) is 2.94. The fraction of sp³-hybridized carbons (Fsp3) is 0.722. The van der Waals surface area contributed by atoms with Gasteiger partial charge in [-0.25, -0.2) is 0 Å². The Balaban J connectivity index is 2.36. The molecule has 0 amide bonds. The van der Waals surface area contributed by atoms with Crippen LogP contribution in [-0.4, -0.2) is 11.1 Å². The molecule has 3 nitrogen and oxygen atoms in total. The van der Waals surface area contributed by atoms with Gasteiger partial charge in [-0.05, 0) is 50.9 Å². The van der Waals surface area contributed by atoms with Crippen LogP contribution >= 0.6 is 0 Å². The maximum atomic E-state index is 12.2. The molecule has 1 heterocycles. The van der Waals surface area contributed by atoms with Gasteiger partial charge in [0.1, 0.15) is 5.75 Å². The maximum absolute atomic E-state index is 12.2. The number of aromatic nitrogens is 1. The van der Waals surface area contributed by atoms with Crippen molar-refractivity contribution in [2.24, 2.45) is 11.8 Å². The molecule has 3 atom stereocenters. The monoisotopic (exact) mass is 291 g/mol. The van der Waals surface area contributed by atoms with E-state index in [1.54, 1.807) is 0 Å². The number of ether oxygens (including phenoxy) is 1. The summed E-state index contributed by atoms with van der Waals surface area (Å²) in [7, 11) is 0. The van der Waals surface area contributed by atoms with Crippen LogP contribution in [0.3, 0.4) is 0 Å². The molecule has 1 fully saturated rings. The summed E-state index contributed by atoms with van der Waals surface area (Å²) in [4.78, 5) is 15.2. The SMILES string of the molecule is CCc1c(C)[nH]c(=O)c(CC)c1OC1C[C@@H](C)C[C@@H](C)C1. The average molecular weight is 291 g/mol. The van der Waals surface area contributed by atoms with Crippen LogP contribution in [0.1, 0.15) is 63.8 Å². The van der Waals surface area contributed by atoms with Crippen molar-refractivity contribution in [2.45, 2.75) is 72.8 Å². The summed E-state index contributed by atoms with van der Waals surface area (Å²) in [5.74, 6) is 2.28. The van der Waals surface area contributed by atoms with Gasteiger partial charge in [-0.2, -0.15) is 0 Å². The number of aryl methyl sites for hydroxylation is 1. The summed E-state index contributed by atoms with van der Waals surface area (Å²) in [6, 6.07) is 0. The van der Waals surface area contributed by atoms with Gasteiger partial charge in [-0.1, -0.05) is 27.7 Å². The van der Waals surface area contributed by atoms with Crippen LogP contribution in [0.2, 0.25) is 0 Å². The van der Waals surface area contributed by atoms with Crippen LogP contribution in [0.25, 0.3) is 0 Å². The Kier molecular flexibility index (Phi) is 5.13. The molecule has 1 saturated carbocycles. The molecule has 0 aliphatic heterocycles. The first-order chi connectivity index (χ1) is 9.96. The summed E-state index contributed by atoms with van der Waals surface area (Å²) < 4.78 is 6.38. The van der Waals surface area contributed by atoms with Crippen LogP contribution in [-0.2, 0) is 12.8 Å². The molecule has 0 aromatic carbocycles. The smallest absolute Gasteiger partial charge is 0.255 e. The van der Waals surface area contributed by atoms with Crippen LogP contribution in [0, 0.1) is 18.8 Å². The van der Waals surface area contributed by atoms with E-state index in [9.17, 15) is 4.79 Å². The van der Waals surface area contributed by atoms with Crippen LogP contribution < -0.4 is 10.3 Å². The number of hydrogen-bond acceptors (Lipinski definition) is 2. The van der Waals surface area contributed by atoms with E-state index in [1.807, 2.05) is 13.8 Å². The third-order valence-electron chi connectivity index (χ3n) is 4.70. The molecule has 2 rings (SSSR count). The Bertz CT molecular complexity index is 537. The molecular weight excluding hydrogens is 262 g/mol. The molecular formula is C18H29NO2. The lowest BCUT2D eigenvalue weighted by molar-refractivity contribution is 0.0989. The quantitative estimate of drug-likeness (QED) is 0.910. The zero-order chi connectivity index (χ0) is 15.6. The molecule has 1 unspecified atom stereocenters. The first-order valence-electron chi connectivity index (χ1n) is 8.37. The van der Waals surface area contributed by atoms with Gasteiger partial charge in [0, 0.05) is 11.3 Å². The van der Waals surface area contributed by atoms with Crippen molar-refractivity contribution in [3.05, 3.63) is 27.2 Å². The lowest BCUT2D eigenvalue weighted by atomic mass is 9.81. The molecule has 21 heavy (non-hydrogen) atoms. The third kappa shape index (κ3) is 3.50. The molecule has 0 bridgehead atoms. The van der Waals surface area contributed by atoms with Gasteiger partial charge in [0.05, 0.1) is 11.7 Å². The number of hydrogen-bond donors (Lipinski definition) is 1. The topological polar surface area (TPSA) is 42.1 Å². The van der Waals surface area contributed by atoms with E-state index in [0.717, 1.165) is 48.3 Å². The number of H-pyrrole nitrogens is 1. The average Bonchev–Trinajstić information content (AvgIpc) is 2.37. The standard InChI is InChI=1S/C18H29NO2/c1-6-15-13(5)19-18(20)16(7-2)17(15)21-14-9-11(3)8-12(4)10-14/h11-12,14H,6-10H2,1-5H3,(H,19,20)/t11-,12+,14?. The molecule has 118 valence electrons. The van der Waals surface area contributed by atoms with Crippen molar-refractivity contribution in [2.75, 3.05) is 0 Å². The largest absolute Gasteiger partial charge is 0.490 e. The summed E-state index contributed by atoms with van der Waals surface area (Å²) in [6.07, 6.45) is 5.35. The number of pyridine rings is 1. The van der Waals surface area contributed by atoms with E-state index in [1.165, 1.54) is 6.42 Å². The number of rotatable bonds is 4. The predicted molar refractivity (Wildman–Crippen MR) is 87.2 cm³/mol. The first kappa shape index (κ1) is 16.1. The van der Waals surface area contributed by atoms with Gasteiger partial charge < -0.3 is 9.72 Å². The van der Waals surface area contributed by atoms with Crippen molar-refractivity contribution >= 4 is 0 Å². The van der Waals surface area contributed by atoms with Crippen LogP contribution in [0.15, 0.2) is 4.79 Å². The Morgan fingerprint density at radius 2 is 1.62 bits per heavy atom.